The smallest absolute Gasteiger partial charge is 0.322 e. The number of sulfonamides is 1. The van der Waals surface area contributed by atoms with E-state index in [0.717, 1.165) is 25.9 Å². The first-order valence-electron chi connectivity index (χ1n) is 8.79. The molecule has 2 saturated heterocycles. The fourth-order valence-electron chi connectivity index (χ4n) is 3.42. The van der Waals surface area contributed by atoms with Crippen molar-refractivity contribution in [2.75, 3.05) is 26.7 Å². The number of rotatable bonds is 7. The Morgan fingerprint density at radius 2 is 2.11 bits per heavy atom. The second-order valence-electron chi connectivity index (χ2n) is 6.94. The summed E-state index contributed by atoms with van der Waals surface area (Å²) in [5.74, 6) is 0.211. The average Bonchev–Trinajstić information content (AvgIpc) is 3.22. The van der Waals surface area contributed by atoms with Crippen LogP contribution in [0.4, 0.5) is 4.79 Å². The lowest BCUT2D eigenvalue weighted by atomic mass is 9.91. The lowest BCUT2D eigenvalue weighted by Gasteiger charge is -2.24. The summed E-state index contributed by atoms with van der Waals surface area (Å²) in [4.78, 5) is 23.8. The number of hydrogen-bond donors (Lipinski definition) is 4. The van der Waals surface area contributed by atoms with Crippen LogP contribution < -0.4 is 25.4 Å². The Balaban J connectivity index is 1.83. The minimum atomic E-state index is -3.76. The molecule has 2 fully saturated rings. The van der Waals surface area contributed by atoms with E-state index in [2.05, 4.69) is 20.7 Å². The van der Waals surface area contributed by atoms with Crippen LogP contribution in [0.3, 0.4) is 0 Å². The number of amides is 3. The summed E-state index contributed by atoms with van der Waals surface area (Å²) in [7, 11) is -2.34. The number of ether oxygens (including phenoxy) is 1. The molecule has 3 rings (SSSR count). The molecular formula is C17H24N4O5S. The number of benzene rings is 1. The van der Waals surface area contributed by atoms with Gasteiger partial charge in [-0.3, -0.25) is 10.1 Å². The molecule has 2 aliphatic rings. The van der Waals surface area contributed by atoms with E-state index < -0.39 is 27.5 Å². The Kier molecular flexibility index (Phi) is 5.41. The van der Waals surface area contributed by atoms with Crippen LogP contribution in [0.25, 0.3) is 0 Å². The molecule has 2 unspecified atom stereocenters. The van der Waals surface area contributed by atoms with Gasteiger partial charge in [-0.1, -0.05) is 0 Å². The molecule has 1 aromatic carbocycles. The Labute approximate surface area is 158 Å². The van der Waals surface area contributed by atoms with Crippen LogP contribution in [-0.2, 0) is 20.4 Å². The van der Waals surface area contributed by atoms with Gasteiger partial charge in [0, 0.05) is 12.1 Å². The SMILES string of the molecule is COc1ccc(S(=O)(=O)NCCC2CCNC2)cc1C1(C)NC(=O)NC1=O. The highest BCUT2D eigenvalue weighted by Gasteiger charge is 2.45. The molecule has 4 N–H and O–H groups in total. The summed E-state index contributed by atoms with van der Waals surface area (Å²) in [5.41, 5.74) is -1.14. The summed E-state index contributed by atoms with van der Waals surface area (Å²) in [5, 5.41) is 7.95. The average molecular weight is 396 g/mol. The number of urea groups is 1. The van der Waals surface area contributed by atoms with Crippen LogP contribution in [0.2, 0.25) is 0 Å². The predicted octanol–water partition coefficient (Wildman–Crippen LogP) is 0.0277. The van der Waals surface area contributed by atoms with E-state index in [1.807, 2.05) is 0 Å². The second-order valence-corrected chi connectivity index (χ2v) is 8.71. The van der Waals surface area contributed by atoms with E-state index in [0.29, 0.717) is 18.2 Å². The Morgan fingerprint density at radius 3 is 2.70 bits per heavy atom. The standard InChI is InChI=1S/C17H24N4O5S/c1-17(15(22)20-16(23)21-17)13-9-12(3-4-14(13)26-2)27(24,25)19-8-6-11-5-7-18-10-11/h3-4,9,11,18-19H,5-8,10H2,1-2H3,(H2,20,21,22,23). The normalized spacial score (nSPS) is 25.3. The van der Waals surface area contributed by atoms with Gasteiger partial charge >= 0.3 is 6.03 Å². The maximum atomic E-state index is 12.7. The third kappa shape index (κ3) is 3.92. The summed E-state index contributed by atoms with van der Waals surface area (Å²) in [6.07, 6.45) is 1.80. The summed E-state index contributed by atoms with van der Waals surface area (Å²) >= 11 is 0. The summed E-state index contributed by atoms with van der Waals surface area (Å²) < 4.78 is 33.2. The zero-order valence-corrected chi connectivity index (χ0v) is 16.1. The molecule has 27 heavy (non-hydrogen) atoms. The van der Waals surface area contributed by atoms with E-state index in [-0.39, 0.29) is 10.5 Å². The molecule has 0 aromatic heterocycles. The Morgan fingerprint density at radius 1 is 1.33 bits per heavy atom. The van der Waals surface area contributed by atoms with Gasteiger partial charge in [0.15, 0.2) is 0 Å². The fraction of sp³-hybridized carbons (Fsp3) is 0.529. The minimum absolute atomic E-state index is 0.0121. The van der Waals surface area contributed by atoms with Crippen LogP contribution in [0.15, 0.2) is 23.1 Å². The molecule has 0 radical (unpaired) electrons. The highest BCUT2D eigenvalue weighted by atomic mass is 32.2. The molecule has 3 amide bonds. The molecule has 0 aliphatic carbocycles. The van der Waals surface area contributed by atoms with Crippen LogP contribution >= 0.6 is 0 Å². The van der Waals surface area contributed by atoms with Gasteiger partial charge in [0.25, 0.3) is 5.91 Å². The first-order valence-corrected chi connectivity index (χ1v) is 10.3. The van der Waals surface area contributed by atoms with Crippen molar-refractivity contribution >= 4 is 22.0 Å². The van der Waals surface area contributed by atoms with Gasteiger partial charge < -0.3 is 15.4 Å². The zero-order valence-electron chi connectivity index (χ0n) is 15.3. The van der Waals surface area contributed by atoms with Crippen molar-refractivity contribution in [3.63, 3.8) is 0 Å². The molecule has 9 nitrogen and oxygen atoms in total. The van der Waals surface area contributed by atoms with Gasteiger partial charge in [-0.15, -0.1) is 0 Å². The maximum absolute atomic E-state index is 12.7. The topological polar surface area (TPSA) is 126 Å². The van der Waals surface area contributed by atoms with E-state index in [4.69, 9.17) is 4.74 Å². The number of hydrogen-bond acceptors (Lipinski definition) is 6. The van der Waals surface area contributed by atoms with Gasteiger partial charge in [0.05, 0.1) is 12.0 Å². The number of methoxy groups -OCH3 is 1. The molecule has 2 atom stereocenters. The van der Waals surface area contributed by atoms with E-state index in [9.17, 15) is 18.0 Å². The number of carbonyl (C=O) groups excluding carboxylic acids is 2. The molecule has 10 heteroatoms. The van der Waals surface area contributed by atoms with Gasteiger partial charge in [-0.25, -0.2) is 17.9 Å². The second kappa shape index (κ2) is 7.45. The van der Waals surface area contributed by atoms with Crippen molar-refractivity contribution in [1.82, 2.24) is 20.7 Å². The summed E-state index contributed by atoms with van der Waals surface area (Å²) in [6, 6.07) is 3.62. The van der Waals surface area contributed by atoms with Gasteiger partial charge in [0.2, 0.25) is 10.0 Å². The van der Waals surface area contributed by atoms with Gasteiger partial charge in [-0.2, -0.15) is 0 Å². The summed E-state index contributed by atoms with van der Waals surface area (Å²) in [6.45, 7) is 3.71. The minimum Gasteiger partial charge on any atom is -0.496 e. The number of carbonyl (C=O) groups is 2. The molecule has 148 valence electrons. The van der Waals surface area contributed by atoms with E-state index in [1.54, 1.807) is 0 Å². The predicted molar refractivity (Wildman–Crippen MR) is 97.8 cm³/mol. The Hall–Kier alpha value is -2.17. The van der Waals surface area contributed by atoms with Gasteiger partial charge in [0.1, 0.15) is 11.3 Å². The molecule has 2 heterocycles. The zero-order chi connectivity index (χ0) is 19.7. The van der Waals surface area contributed by atoms with Crippen molar-refractivity contribution < 1.29 is 22.7 Å². The Bertz CT molecular complexity index is 851. The third-order valence-electron chi connectivity index (χ3n) is 5.07. The highest BCUT2D eigenvalue weighted by molar-refractivity contribution is 7.89. The van der Waals surface area contributed by atoms with Crippen molar-refractivity contribution in [2.24, 2.45) is 5.92 Å². The van der Waals surface area contributed by atoms with Crippen LogP contribution in [0.5, 0.6) is 5.75 Å². The third-order valence-corrected chi connectivity index (χ3v) is 6.53. The van der Waals surface area contributed by atoms with Crippen molar-refractivity contribution in [3.05, 3.63) is 23.8 Å². The lowest BCUT2D eigenvalue weighted by Crippen LogP contribution is -2.41. The quantitative estimate of drug-likeness (QED) is 0.482. The molecule has 0 bridgehead atoms. The maximum Gasteiger partial charge on any atom is 0.322 e. The first kappa shape index (κ1) is 19.6. The molecule has 2 aliphatic heterocycles. The van der Waals surface area contributed by atoms with Crippen LogP contribution in [-0.4, -0.2) is 47.1 Å². The van der Waals surface area contributed by atoms with E-state index in [1.165, 1.54) is 32.2 Å². The first-order chi connectivity index (χ1) is 12.8. The van der Waals surface area contributed by atoms with Crippen molar-refractivity contribution in [1.29, 1.82) is 0 Å². The van der Waals surface area contributed by atoms with Crippen LogP contribution in [0, 0.1) is 5.92 Å². The monoisotopic (exact) mass is 396 g/mol. The van der Waals surface area contributed by atoms with E-state index >= 15 is 0 Å². The molecular weight excluding hydrogens is 372 g/mol. The lowest BCUT2D eigenvalue weighted by molar-refractivity contribution is -0.123. The molecule has 0 spiro atoms. The molecule has 0 saturated carbocycles. The van der Waals surface area contributed by atoms with Crippen molar-refractivity contribution in [2.45, 2.75) is 30.2 Å². The highest BCUT2D eigenvalue weighted by Crippen LogP contribution is 2.34. The molecule has 1 aromatic rings. The fourth-order valence-corrected chi connectivity index (χ4v) is 4.49. The number of imide groups is 1. The number of nitrogens with one attached hydrogen (secondary N) is 4. The van der Waals surface area contributed by atoms with Crippen molar-refractivity contribution in [3.8, 4) is 5.75 Å². The van der Waals surface area contributed by atoms with Crippen LogP contribution in [0.1, 0.15) is 25.3 Å². The largest absolute Gasteiger partial charge is 0.496 e. The van der Waals surface area contributed by atoms with Gasteiger partial charge in [-0.05, 0) is 57.0 Å².